The number of ether oxygens (including phenoxy) is 2. The summed E-state index contributed by atoms with van der Waals surface area (Å²) < 4.78 is 11.5. The first-order valence-electron chi connectivity index (χ1n) is 8.03. The van der Waals surface area contributed by atoms with Crippen LogP contribution in [0.2, 0.25) is 0 Å². The van der Waals surface area contributed by atoms with Crippen molar-refractivity contribution < 1.29 is 14.6 Å². The normalized spacial score (nSPS) is 18.3. The van der Waals surface area contributed by atoms with Crippen LogP contribution in [0.1, 0.15) is 11.3 Å². The first-order chi connectivity index (χ1) is 11.7. The van der Waals surface area contributed by atoms with Gasteiger partial charge in [0.15, 0.2) is 5.75 Å². The minimum absolute atomic E-state index is 0.0757. The van der Waals surface area contributed by atoms with E-state index in [0.717, 1.165) is 23.6 Å². The quantitative estimate of drug-likeness (QED) is 0.914. The molecule has 24 heavy (non-hydrogen) atoms. The zero-order chi connectivity index (χ0) is 16.9. The van der Waals surface area contributed by atoms with E-state index in [1.165, 1.54) is 6.33 Å². The molecular formula is C17H22N4O3. The fraction of sp³-hybridized carbons (Fsp3) is 0.471. The van der Waals surface area contributed by atoms with Crippen LogP contribution < -0.4 is 9.64 Å². The number of hydrogen-bond acceptors (Lipinski definition) is 7. The van der Waals surface area contributed by atoms with Crippen molar-refractivity contribution in [2.24, 2.45) is 5.92 Å². The van der Waals surface area contributed by atoms with E-state index < -0.39 is 0 Å². The number of anilines is 1. The zero-order valence-electron chi connectivity index (χ0n) is 14.0. The molecule has 1 fully saturated rings. The average Bonchev–Trinajstić information content (AvgIpc) is 2.84. The van der Waals surface area contributed by atoms with Gasteiger partial charge in [0.2, 0.25) is 5.88 Å². The van der Waals surface area contributed by atoms with Crippen LogP contribution >= 0.6 is 0 Å². The number of nitrogens with zero attached hydrogens (tertiary/aromatic N) is 4. The van der Waals surface area contributed by atoms with Crippen molar-refractivity contribution in [1.82, 2.24) is 15.0 Å². The van der Waals surface area contributed by atoms with Crippen molar-refractivity contribution in [2.45, 2.75) is 13.8 Å². The lowest BCUT2D eigenvalue weighted by atomic mass is 10.1. The molecule has 0 aromatic carbocycles. The van der Waals surface area contributed by atoms with E-state index in [4.69, 9.17) is 9.47 Å². The van der Waals surface area contributed by atoms with E-state index in [-0.39, 0.29) is 12.5 Å². The number of aromatic nitrogens is 3. The Morgan fingerprint density at radius 2 is 2.21 bits per heavy atom. The second-order valence-electron chi connectivity index (χ2n) is 5.89. The van der Waals surface area contributed by atoms with Gasteiger partial charge in [0.25, 0.3) is 0 Å². The molecule has 1 saturated heterocycles. The third kappa shape index (κ3) is 3.63. The molecule has 7 heteroatoms. The minimum atomic E-state index is 0.0757. The van der Waals surface area contributed by atoms with Gasteiger partial charge in [0.1, 0.15) is 12.1 Å². The van der Waals surface area contributed by atoms with Crippen molar-refractivity contribution in [3.63, 3.8) is 0 Å². The molecule has 0 amide bonds. The van der Waals surface area contributed by atoms with Gasteiger partial charge in [0.05, 0.1) is 24.5 Å². The third-order valence-corrected chi connectivity index (χ3v) is 4.07. The Bertz CT molecular complexity index is 695. The monoisotopic (exact) mass is 330 g/mol. The van der Waals surface area contributed by atoms with Crippen LogP contribution in [-0.2, 0) is 4.74 Å². The Kier molecular flexibility index (Phi) is 5.22. The van der Waals surface area contributed by atoms with Crippen molar-refractivity contribution in [3.8, 4) is 11.6 Å². The predicted molar refractivity (Wildman–Crippen MR) is 89.4 cm³/mol. The summed E-state index contributed by atoms with van der Waals surface area (Å²) >= 11 is 0. The predicted octanol–water partition coefficient (Wildman–Crippen LogP) is 1.73. The Morgan fingerprint density at radius 3 is 3.00 bits per heavy atom. The Balaban J connectivity index is 1.86. The molecule has 2 aromatic heterocycles. The number of aryl methyl sites for hydroxylation is 1. The van der Waals surface area contributed by atoms with Crippen molar-refractivity contribution >= 4 is 5.82 Å². The van der Waals surface area contributed by atoms with E-state index in [9.17, 15) is 5.11 Å². The molecular weight excluding hydrogens is 308 g/mol. The lowest BCUT2D eigenvalue weighted by Gasteiger charge is -2.25. The van der Waals surface area contributed by atoms with E-state index >= 15 is 0 Å². The molecule has 1 aliphatic rings. The summed E-state index contributed by atoms with van der Waals surface area (Å²) in [5.41, 5.74) is 1.67. The molecule has 128 valence electrons. The molecule has 7 nitrogen and oxygen atoms in total. The standard InChI is InChI=1S/C17H22N4O3/c1-12-16(21-6-7-23-10-14(8-21)9-22)19-11-20-17(12)24-15-4-3-5-18-13(15)2/h3-5,11,14,22H,6-10H2,1-2H3/t14-/m1/s1. The second-order valence-corrected chi connectivity index (χ2v) is 5.89. The van der Waals surface area contributed by atoms with E-state index in [2.05, 4.69) is 19.9 Å². The summed E-state index contributed by atoms with van der Waals surface area (Å²) in [6.45, 7) is 6.52. The average molecular weight is 330 g/mol. The maximum atomic E-state index is 9.46. The summed E-state index contributed by atoms with van der Waals surface area (Å²) in [4.78, 5) is 15.0. The lowest BCUT2D eigenvalue weighted by molar-refractivity contribution is 0.0959. The third-order valence-electron chi connectivity index (χ3n) is 4.07. The van der Waals surface area contributed by atoms with Gasteiger partial charge in [0, 0.05) is 31.8 Å². The Morgan fingerprint density at radius 1 is 1.33 bits per heavy atom. The fourth-order valence-corrected chi connectivity index (χ4v) is 2.71. The van der Waals surface area contributed by atoms with Crippen LogP contribution in [0.25, 0.3) is 0 Å². The topological polar surface area (TPSA) is 80.6 Å². The number of aliphatic hydroxyl groups excluding tert-OH is 1. The molecule has 0 unspecified atom stereocenters. The number of aliphatic hydroxyl groups is 1. The smallest absolute Gasteiger partial charge is 0.227 e. The second kappa shape index (κ2) is 7.55. The summed E-state index contributed by atoms with van der Waals surface area (Å²) in [6, 6.07) is 3.70. The highest BCUT2D eigenvalue weighted by molar-refractivity contribution is 5.51. The minimum Gasteiger partial charge on any atom is -0.437 e. The van der Waals surface area contributed by atoms with Gasteiger partial charge < -0.3 is 19.5 Å². The number of rotatable bonds is 4. The van der Waals surface area contributed by atoms with Crippen molar-refractivity contribution in [2.75, 3.05) is 37.8 Å². The number of pyridine rings is 1. The zero-order valence-corrected chi connectivity index (χ0v) is 14.0. The van der Waals surface area contributed by atoms with Crippen LogP contribution in [0.4, 0.5) is 5.82 Å². The van der Waals surface area contributed by atoms with Gasteiger partial charge >= 0.3 is 0 Å². The molecule has 2 aromatic rings. The van der Waals surface area contributed by atoms with Crippen LogP contribution in [-0.4, -0.2) is 53.0 Å². The van der Waals surface area contributed by atoms with Crippen LogP contribution in [0.15, 0.2) is 24.7 Å². The molecule has 0 radical (unpaired) electrons. The largest absolute Gasteiger partial charge is 0.437 e. The van der Waals surface area contributed by atoms with Gasteiger partial charge in [-0.1, -0.05) is 0 Å². The molecule has 3 heterocycles. The molecule has 3 rings (SSSR count). The van der Waals surface area contributed by atoms with E-state index in [1.54, 1.807) is 6.20 Å². The highest BCUT2D eigenvalue weighted by Gasteiger charge is 2.22. The van der Waals surface area contributed by atoms with Crippen molar-refractivity contribution in [1.29, 1.82) is 0 Å². The summed E-state index contributed by atoms with van der Waals surface area (Å²) in [5, 5.41) is 9.46. The Labute approximate surface area is 141 Å². The first kappa shape index (κ1) is 16.6. The molecule has 1 atom stereocenters. The summed E-state index contributed by atoms with van der Waals surface area (Å²) in [6.07, 6.45) is 3.23. The van der Waals surface area contributed by atoms with Crippen LogP contribution in [0.3, 0.4) is 0 Å². The highest BCUT2D eigenvalue weighted by atomic mass is 16.5. The van der Waals surface area contributed by atoms with Gasteiger partial charge in [-0.3, -0.25) is 4.98 Å². The maximum Gasteiger partial charge on any atom is 0.227 e. The molecule has 0 saturated carbocycles. The van der Waals surface area contributed by atoms with Crippen molar-refractivity contribution in [3.05, 3.63) is 35.9 Å². The maximum absolute atomic E-state index is 9.46. The van der Waals surface area contributed by atoms with Gasteiger partial charge in [-0.05, 0) is 26.0 Å². The van der Waals surface area contributed by atoms with E-state index in [1.807, 2.05) is 26.0 Å². The molecule has 0 bridgehead atoms. The van der Waals surface area contributed by atoms with E-state index in [0.29, 0.717) is 31.4 Å². The highest BCUT2D eigenvalue weighted by Crippen LogP contribution is 2.29. The first-order valence-corrected chi connectivity index (χ1v) is 8.03. The van der Waals surface area contributed by atoms with Gasteiger partial charge in [-0.25, -0.2) is 9.97 Å². The van der Waals surface area contributed by atoms with Gasteiger partial charge in [-0.2, -0.15) is 0 Å². The molecule has 0 spiro atoms. The van der Waals surface area contributed by atoms with Gasteiger partial charge in [-0.15, -0.1) is 0 Å². The summed E-state index contributed by atoms with van der Waals surface area (Å²) in [7, 11) is 0. The molecule has 1 N–H and O–H groups in total. The Hall–Kier alpha value is -2.25. The molecule has 1 aliphatic heterocycles. The van der Waals surface area contributed by atoms with Crippen LogP contribution in [0.5, 0.6) is 11.6 Å². The SMILES string of the molecule is Cc1ncccc1Oc1ncnc(N2CCOC[C@@H](CO)C2)c1C. The summed E-state index contributed by atoms with van der Waals surface area (Å²) in [5.74, 6) is 2.08. The lowest BCUT2D eigenvalue weighted by Crippen LogP contribution is -2.32. The fourth-order valence-electron chi connectivity index (χ4n) is 2.71. The molecule has 0 aliphatic carbocycles. The number of hydrogen-bond donors (Lipinski definition) is 1. The van der Waals surface area contributed by atoms with Crippen LogP contribution in [0, 0.1) is 19.8 Å².